The second-order valence-electron chi connectivity index (χ2n) is 5.25. The standard InChI is InChI=1S/C18H18O2/c1-14(19)18(2,13-15-9-5-3-6-10-15)17(20)16-11-7-4-8-12-16/h3-12H,13H2,1-2H3. The van der Waals surface area contributed by atoms with Gasteiger partial charge in [-0.15, -0.1) is 0 Å². The normalized spacial score (nSPS) is 13.5. The molecule has 0 aliphatic heterocycles. The second-order valence-corrected chi connectivity index (χ2v) is 5.25. The Morgan fingerprint density at radius 1 is 0.900 bits per heavy atom. The molecule has 2 rings (SSSR count). The van der Waals surface area contributed by atoms with Crippen LogP contribution in [0.3, 0.4) is 0 Å². The van der Waals surface area contributed by atoms with Gasteiger partial charge < -0.3 is 0 Å². The first kappa shape index (κ1) is 14.2. The van der Waals surface area contributed by atoms with Crippen molar-refractivity contribution in [1.29, 1.82) is 0 Å². The maximum Gasteiger partial charge on any atom is 0.176 e. The lowest BCUT2D eigenvalue weighted by Crippen LogP contribution is -2.37. The van der Waals surface area contributed by atoms with E-state index in [9.17, 15) is 9.59 Å². The average molecular weight is 266 g/mol. The smallest absolute Gasteiger partial charge is 0.176 e. The van der Waals surface area contributed by atoms with E-state index < -0.39 is 5.41 Å². The summed E-state index contributed by atoms with van der Waals surface area (Å²) in [5.74, 6) is -0.218. The minimum absolute atomic E-state index is 0.102. The van der Waals surface area contributed by atoms with Gasteiger partial charge in [-0.05, 0) is 25.8 Å². The van der Waals surface area contributed by atoms with Gasteiger partial charge in [-0.25, -0.2) is 0 Å². The number of carbonyl (C=O) groups is 2. The molecule has 1 unspecified atom stereocenters. The first-order chi connectivity index (χ1) is 9.54. The number of hydrogen-bond donors (Lipinski definition) is 0. The zero-order chi connectivity index (χ0) is 14.6. The van der Waals surface area contributed by atoms with Crippen molar-refractivity contribution in [3.05, 3.63) is 71.8 Å². The van der Waals surface area contributed by atoms with Gasteiger partial charge in [0.1, 0.15) is 5.78 Å². The SMILES string of the molecule is CC(=O)C(C)(Cc1ccccc1)C(=O)c1ccccc1. The molecular formula is C18H18O2. The molecule has 0 aromatic heterocycles. The summed E-state index contributed by atoms with van der Waals surface area (Å²) >= 11 is 0. The van der Waals surface area contributed by atoms with Crippen molar-refractivity contribution in [2.45, 2.75) is 20.3 Å². The van der Waals surface area contributed by atoms with E-state index in [-0.39, 0.29) is 11.6 Å². The van der Waals surface area contributed by atoms with Gasteiger partial charge in [0.15, 0.2) is 5.78 Å². The van der Waals surface area contributed by atoms with Crippen LogP contribution in [0.15, 0.2) is 60.7 Å². The number of rotatable bonds is 5. The van der Waals surface area contributed by atoms with E-state index in [1.165, 1.54) is 6.92 Å². The third-order valence-electron chi connectivity index (χ3n) is 3.71. The van der Waals surface area contributed by atoms with Gasteiger partial charge in [0, 0.05) is 5.56 Å². The van der Waals surface area contributed by atoms with Crippen LogP contribution < -0.4 is 0 Å². The molecule has 0 fully saturated rings. The summed E-state index contributed by atoms with van der Waals surface area (Å²) < 4.78 is 0. The maximum atomic E-state index is 12.7. The van der Waals surface area contributed by atoms with E-state index in [1.807, 2.05) is 48.5 Å². The zero-order valence-electron chi connectivity index (χ0n) is 11.8. The fourth-order valence-electron chi connectivity index (χ4n) is 2.28. The molecule has 0 saturated heterocycles. The molecule has 2 heteroatoms. The van der Waals surface area contributed by atoms with Crippen molar-refractivity contribution in [3.63, 3.8) is 0 Å². The predicted molar refractivity (Wildman–Crippen MR) is 79.7 cm³/mol. The minimum atomic E-state index is -1.01. The van der Waals surface area contributed by atoms with E-state index >= 15 is 0 Å². The van der Waals surface area contributed by atoms with Gasteiger partial charge in [0.05, 0.1) is 5.41 Å². The van der Waals surface area contributed by atoms with Crippen molar-refractivity contribution < 1.29 is 9.59 Å². The first-order valence-electron chi connectivity index (χ1n) is 6.69. The van der Waals surface area contributed by atoms with Crippen LogP contribution in [0.4, 0.5) is 0 Å². The molecular weight excluding hydrogens is 248 g/mol. The zero-order valence-corrected chi connectivity index (χ0v) is 11.8. The molecule has 0 aliphatic carbocycles. The van der Waals surface area contributed by atoms with Crippen molar-refractivity contribution in [2.24, 2.45) is 5.41 Å². The lowest BCUT2D eigenvalue weighted by Gasteiger charge is -2.25. The monoisotopic (exact) mass is 266 g/mol. The van der Waals surface area contributed by atoms with Crippen LogP contribution >= 0.6 is 0 Å². The van der Waals surface area contributed by atoms with E-state index in [0.29, 0.717) is 12.0 Å². The lowest BCUT2D eigenvalue weighted by molar-refractivity contribution is -0.123. The first-order valence-corrected chi connectivity index (χ1v) is 6.69. The van der Waals surface area contributed by atoms with Gasteiger partial charge in [-0.1, -0.05) is 60.7 Å². The summed E-state index contributed by atoms with van der Waals surface area (Å²) in [4.78, 5) is 24.8. The maximum absolute atomic E-state index is 12.7. The van der Waals surface area contributed by atoms with Crippen molar-refractivity contribution >= 4 is 11.6 Å². The summed E-state index contributed by atoms with van der Waals surface area (Å²) in [6.07, 6.45) is 0.427. The average Bonchev–Trinajstić information content (AvgIpc) is 2.48. The Bertz CT molecular complexity index is 602. The Balaban J connectivity index is 2.35. The lowest BCUT2D eigenvalue weighted by atomic mass is 9.74. The largest absolute Gasteiger partial charge is 0.299 e. The molecule has 2 aromatic rings. The molecule has 102 valence electrons. The molecule has 0 aliphatic rings. The predicted octanol–water partition coefficient (Wildman–Crippen LogP) is 3.71. The van der Waals surface area contributed by atoms with Crippen molar-refractivity contribution in [2.75, 3.05) is 0 Å². The molecule has 0 spiro atoms. The molecule has 0 radical (unpaired) electrons. The summed E-state index contributed by atoms with van der Waals surface area (Å²) in [5, 5.41) is 0. The topological polar surface area (TPSA) is 34.1 Å². The Morgan fingerprint density at radius 2 is 1.40 bits per heavy atom. The van der Waals surface area contributed by atoms with Crippen LogP contribution in [-0.2, 0) is 11.2 Å². The van der Waals surface area contributed by atoms with E-state index in [2.05, 4.69) is 0 Å². The summed E-state index contributed by atoms with van der Waals surface area (Å²) in [6, 6.07) is 18.7. The summed E-state index contributed by atoms with van der Waals surface area (Å²) in [7, 11) is 0. The number of carbonyl (C=O) groups excluding carboxylic acids is 2. The fourth-order valence-corrected chi connectivity index (χ4v) is 2.28. The molecule has 0 heterocycles. The third kappa shape index (κ3) is 2.85. The number of benzene rings is 2. The van der Waals surface area contributed by atoms with Gasteiger partial charge in [0.2, 0.25) is 0 Å². The van der Waals surface area contributed by atoms with Gasteiger partial charge >= 0.3 is 0 Å². The quantitative estimate of drug-likeness (QED) is 0.610. The summed E-state index contributed by atoms with van der Waals surface area (Å²) in [5.41, 5.74) is 0.568. The fraction of sp³-hybridized carbons (Fsp3) is 0.222. The highest BCUT2D eigenvalue weighted by molar-refractivity contribution is 6.13. The molecule has 2 nitrogen and oxygen atoms in total. The third-order valence-corrected chi connectivity index (χ3v) is 3.71. The highest BCUT2D eigenvalue weighted by Gasteiger charge is 2.38. The van der Waals surface area contributed by atoms with Crippen molar-refractivity contribution in [3.8, 4) is 0 Å². The van der Waals surface area contributed by atoms with Gasteiger partial charge in [-0.3, -0.25) is 9.59 Å². The Hall–Kier alpha value is -2.22. The minimum Gasteiger partial charge on any atom is -0.299 e. The highest BCUT2D eigenvalue weighted by atomic mass is 16.2. The van der Waals surface area contributed by atoms with Gasteiger partial charge in [-0.2, -0.15) is 0 Å². The van der Waals surface area contributed by atoms with Crippen LogP contribution in [0, 0.1) is 5.41 Å². The van der Waals surface area contributed by atoms with Crippen LogP contribution in [-0.4, -0.2) is 11.6 Å². The molecule has 1 atom stereocenters. The van der Waals surface area contributed by atoms with Crippen LogP contribution in [0.2, 0.25) is 0 Å². The van der Waals surface area contributed by atoms with Gasteiger partial charge in [0.25, 0.3) is 0 Å². The highest BCUT2D eigenvalue weighted by Crippen LogP contribution is 2.28. The number of ketones is 2. The molecule has 2 aromatic carbocycles. The van der Waals surface area contributed by atoms with Crippen LogP contribution in [0.25, 0.3) is 0 Å². The second kappa shape index (κ2) is 5.83. The van der Waals surface area contributed by atoms with Crippen molar-refractivity contribution in [1.82, 2.24) is 0 Å². The Morgan fingerprint density at radius 3 is 1.90 bits per heavy atom. The van der Waals surface area contributed by atoms with Crippen LogP contribution in [0.5, 0.6) is 0 Å². The van der Waals surface area contributed by atoms with Crippen LogP contribution in [0.1, 0.15) is 29.8 Å². The Labute approximate surface area is 119 Å². The van der Waals surface area contributed by atoms with E-state index in [4.69, 9.17) is 0 Å². The van der Waals surface area contributed by atoms with E-state index in [0.717, 1.165) is 5.56 Å². The Kier molecular flexibility index (Phi) is 4.14. The molecule has 20 heavy (non-hydrogen) atoms. The molecule has 0 amide bonds. The molecule has 0 bridgehead atoms. The molecule has 0 saturated carbocycles. The molecule has 0 N–H and O–H groups in total. The summed E-state index contributed by atoms with van der Waals surface area (Å²) in [6.45, 7) is 3.22. The van der Waals surface area contributed by atoms with E-state index in [1.54, 1.807) is 19.1 Å². The number of hydrogen-bond acceptors (Lipinski definition) is 2. The number of Topliss-reactive ketones (excluding diaryl/α,β-unsaturated/α-hetero) is 2.